The van der Waals surface area contributed by atoms with Gasteiger partial charge in [0.05, 0.1) is 5.69 Å². The van der Waals surface area contributed by atoms with Crippen molar-refractivity contribution in [2.24, 2.45) is 0 Å². The molecule has 5 nitrogen and oxygen atoms in total. The van der Waals surface area contributed by atoms with E-state index in [1.54, 1.807) is 12.1 Å². The molecule has 0 amide bonds. The van der Waals surface area contributed by atoms with Crippen LogP contribution in [0.4, 0.5) is 0 Å². The molecule has 2 rings (SSSR count). The molecule has 1 aromatic carbocycles. The third-order valence-electron chi connectivity index (χ3n) is 3.20. The summed E-state index contributed by atoms with van der Waals surface area (Å²) in [5.74, 6) is 0.179. The molecule has 0 aliphatic carbocycles. The van der Waals surface area contributed by atoms with Gasteiger partial charge in [-0.05, 0) is 19.4 Å². The van der Waals surface area contributed by atoms with Crippen molar-refractivity contribution < 1.29 is 10.2 Å². The molecule has 0 saturated heterocycles. The molecule has 0 saturated carbocycles. The van der Waals surface area contributed by atoms with Gasteiger partial charge < -0.3 is 15.5 Å². The van der Waals surface area contributed by atoms with Crippen LogP contribution in [0.1, 0.15) is 30.2 Å². The predicted molar refractivity (Wildman–Crippen MR) is 84.8 cm³/mol. The van der Waals surface area contributed by atoms with Crippen LogP contribution in [0.3, 0.4) is 0 Å². The van der Waals surface area contributed by atoms with Crippen LogP contribution in [-0.4, -0.2) is 20.0 Å². The highest BCUT2D eigenvalue weighted by atomic mass is 35.5. The number of aryl methyl sites for hydroxylation is 2. The number of rotatable bonds is 6. The average Bonchev–Trinajstić information content (AvgIpc) is 2.73. The van der Waals surface area contributed by atoms with E-state index in [1.165, 1.54) is 6.07 Å². The van der Waals surface area contributed by atoms with Crippen molar-refractivity contribution in [2.75, 3.05) is 0 Å². The number of hydrogen-bond acceptors (Lipinski definition) is 4. The summed E-state index contributed by atoms with van der Waals surface area (Å²) in [6.45, 7) is 6.31. The summed E-state index contributed by atoms with van der Waals surface area (Å²) < 4.78 is 1.96. The number of nitrogens with zero attached hydrogens (tertiary/aromatic N) is 2. The maximum Gasteiger partial charge on any atom is 0.123 e. The molecule has 1 aromatic heterocycles. The Hall–Kier alpha value is -1.72. The van der Waals surface area contributed by atoms with E-state index in [9.17, 15) is 10.2 Å². The molecule has 3 N–H and O–H groups in total. The number of aromatic nitrogens is 2. The zero-order valence-electron chi connectivity index (χ0n) is 12.3. The summed E-state index contributed by atoms with van der Waals surface area (Å²) in [4.78, 5) is 0. The van der Waals surface area contributed by atoms with Crippen molar-refractivity contribution in [2.45, 2.75) is 39.9 Å². The Morgan fingerprint density at radius 3 is 2.57 bits per heavy atom. The second-order valence-electron chi connectivity index (χ2n) is 4.92. The van der Waals surface area contributed by atoms with E-state index in [0.29, 0.717) is 13.1 Å². The molecule has 116 valence electrons. The van der Waals surface area contributed by atoms with Crippen molar-refractivity contribution in [1.29, 1.82) is 0 Å². The highest BCUT2D eigenvalue weighted by Gasteiger charge is 2.06. The van der Waals surface area contributed by atoms with Crippen LogP contribution in [0.15, 0.2) is 24.4 Å². The predicted octanol–water partition coefficient (Wildman–Crippen LogP) is 2.72. The first-order valence-corrected chi connectivity index (χ1v) is 6.84. The van der Waals surface area contributed by atoms with Crippen LogP contribution < -0.4 is 5.32 Å². The highest BCUT2D eigenvalue weighted by molar-refractivity contribution is 5.85. The first-order chi connectivity index (χ1) is 9.60. The van der Waals surface area contributed by atoms with Gasteiger partial charge in [0.15, 0.2) is 0 Å². The van der Waals surface area contributed by atoms with E-state index in [0.717, 1.165) is 29.8 Å². The fourth-order valence-corrected chi connectivity index (χ4v) is 2.11. The van der Waals surface area contributed by atoms with Crippen molar-refractivity contribution in [3.05, 3.63) is 41.2 Å². The van der Waals surface area contributed by atoms with Gasteiger partial charge in [0.25, 0.3) is 0 Å². The number of aromatic hydroxyl groups is 2. The van der Waals surface area contributed by atoms with Crippen molar-refractivity contribution in [1.82, 2.24) is 15.1 Å². The van der Waals surface area contributed by atoms with E-state index in [2.05, 4.69) is 23.5 Å². The molecule has 0 atom stereocenters. The molecule has 0 radical (unpaired) electrons. The number of phenolic OH excluding ortho intramolecular Hbond substituents is 2. The van der Waals surface area contributed by atoms with E-state index >= 15 is 0 Å². The van der Waals surface area contributed by atoms with Gasteiger partial charge in [0, 0.05) is 43.0 Å². The minimum Gasteiger partial charge on any atom is -0.508 e. The quantitative estimate of drug-likeness (QED) is 0.767. The molecule has 0 bridgehead atoms. The van der Waals surface area contributed by atoms with Gasteiger partial charge in [-0.15, -0.1) is 12.4 Å². The largest absolute Gasteiger partial charge is 0.508 e. The van der Waals surface area contributed by atoms with Crippen LogP contribution in [0.2, 0.25) is 0 Å². The first-order valence-electron chi connectivity index (χ1n) is 6.84. The van der Waals surface area contributed by atoms with E-state index in [-0.39, 0.29) is 23.9 Å². The molecule has 2 aromatic rings. The fourth-order valence-electron chi connectivity index (χ4n) is 2.11. The molecule has 0 unspecified atom stereocenters. The maximum atomic E-state index is 9.70. The third kappa shape index (κ3) is 4.65. The Bertz CT molecular complexity index is 584. The number of halogens is 1. The third-order valence-corrected chi connectivity index (χ3v) is 3.20. The minimum absolute atomic E-state index is 0. The Kier molecular flexibility index (Phi) is 6.52. The van der Waals surface area contributed by atoms with Gasteiger partial charge in [-0.25, -0.2) is 0 Å². The summed E-state index contributed by atoms with van der Waals surface area (Å²) in [5, 5.41) is 26.7. The van der Waals surface area contributed by atoms with Gasteiger partial charge in [-0.3, -0.25) is 4.68 Å². The SMILES string of the molecule is CCCn1cc(CNCc2ccc(O)cc2O)c(C)n1.Cl. The molecule has 1 heterocycles. The highest BCUT2D eigenvalue weighted by Crippen LogP contribution is 2.22. The summed E-state index contributed by atoms with van der Waals surface area (Å²) in [6.07, 6.45) is 3.12. The molecule has 0 spiro atoms. The number of nitrogens with one attached hydrogen (secondary N) is 1. The molecule has 21 heavy (non-hydrogen) atoms. The van der Waals surface area contributed by atoms with Crippen molar-refractivity contribution >= 4 is 12.4 Å². The summed E-state index contributed by atoms with van der Waals surface area (Å²) in [5.41, 5.74) is 2.96. The topological polar surface area (TPSA) is 70.3 Å². The Balaban J connectivity index is 0.00000220. The lowest BCUT2D eigenvalue weighted by Gasteiger charge is -2.06. The van der Waals surface area contributed by atoms with Gasteiger partial charge in [-0.2, -0.15) is 5.10 Å². The van der Waals surface area contributed by atoms with E-state index < -0.39 is 0 Å². The summed E-state index contributed by atoms with van der Waals surface area (Å²) in [7, 11) is 0. The molecule has 0 fully saturated rings. The lowest BCUT2D eigenvalue weighted by atomic mass is 10.2. The summed E-state index contributed by atoms with van der Waals surface area (Å²) >= 11 is 0. The Morgan fingerprint density at radius 2 is 1.90 bits per heavy atom. The van der Waals surface area contributed by atoms with Gasteiger partial charge in [0.2, 0.25) is 0 Å². The smallest absolute Gasteiger partial charge is 0.123 e. The molecular formula is C15H22ClN3O2. The lowest BCUT2D eigenvalue weighted by molar-refractivity contribution is 0.443. The minimum atomic E-state index is 0. The fraction of sp³-hybridized carbons (Fsp3) is 0.400. The van der Waals surface area contributed by atoms with E-state index in [4.69, 9.17) is 0 Å². The Labute approximate surface area is 131 Å². The van der Waals surface area contributed by atoms with Crippen LogP contribution in [-0.2, 0) is 19.6 Å². The average molecular weight is 312 g/mol. The van der Waals surface area contributed by atoms with Crippen LogP contribution in [0.25, 0.3) is 0 Å². The molecular weight excluding hydrogens is 290 g/mol. The van der Waals surface area contributed by atoms with Gasteiger partial charge in [0.1, 0.15) is 11.5 Å². The zero-order chi connectivity index (χ0) is 14.5. The van der Waals surface area contributed by atoms with Crippen molar-refractivity contribution in [3.8, 4) is 11.5 Å². The summed E-state index contributed by atoms with van der Waals surface area (Å²) in [6, 6.07) is 4.63. The standard InChI is InChI=1S/C15H21N3O2.ClH/c1-3-6-18-10-13(11(2)17-18)9-16-8-12-4-5-14(19)7-15(12)20;/h4-5,7,10,16,19-20H,3,6,8-9H2,1-2H3;1H. The lowest BCUT2D eigenvalue weighted by Crippen LogP contribution is -2.13. The molecule has 6 heteroatoms. The van der Waals surface area contributed by atoms with Crippen LogP contribution >= 0.6 is 12.4 Å². The second kappa shape index (κ2) is 7.90. The first kappa shape index (κ1) is 17.3. The molecule has 0 aliphatic rings. The number of hydrogen-bond donors (Lipinski definition) is 3. The number of benzene rings is 1. The van der Waals surface area contributed by atoms with Crippen LogP contribution in [0, 0.1) is 6.92 Å². The van der Waals surface area contributed by atoms with Gasteiger partial charge in [-0.1, -0.05) is 13.0 Å². The van der Waals surface area contributed by atoms with Gasteiger partial charge >= 0.3 is 0 Å². The maximum absolute atomic E-state index is 9.70. The number of phenols is 2. The Morgan fingerprint density at radius 1 is 1.19 bits per heavy atom. The second-order valence-corrected chi connectivity index (χ2v) is 4.92. The van der Waals surface area contributed by atoms with Crippen molar-refractivity contribution in [3.63, 3.8) is 0 Å². The monoisotopic (exact) mass is 311 g/mol. The van der Waals surface area contributed by atoms with Crippen LogP contribution in [0.5, 0.6) is 11.5 Å². The zero-order valence-corrected chi connectivity index (χ0v) is 13.2. The normalized spacial score (nSPS) is 10.4. The molecule has 0 aliphatic heterocycles. The van der Waals surface area contributed by atoms with E-state index in [1.807, 2.05) is 11.6 Å².